The molecule has 0 aliphatic carbocycles. The Morgan fingerprint density at radius 1 is 1.54 bits per heavy atom. The monoisotopic (exact) mass is 175 g/mol. The lowest BCUT2D eigenvalue weighted by atomic mass is 10.1. The van der Waals surface area contributed by atoms with Crippen LogP contribution in [0.15, 0.2) is 24.7 Å². The molecule has 0 aliphatic rings. The molecular weight excluding hydrogens is 162 g/mol. The van der Waals surface area contributed by atoms with Crippen LogP contribution in [0.25, 0.3) is 5.52 Å². The van der Waals surface area contributed by atoms with Crippen molar-refractivity contribution in [2.45, 2.75) is 19.9 Å². The van der Waals surface area contributed by atoms with Crippen molar-refractivity contribution in [2.75, 3.05) is 0 Å². The molecule has 0 amide bonds. The summed E-state index contributed by atoms with van der Waals surface area (Å²) < 4.78 is 2.01. The molecule has 2 heterocycles. The van der Waals surface area contributed by atoms with Crippen LogP contribution in [0.4, 0.5) is 0 Å². The van der Waals surface area contributed by atoms with Gasteiger partial charge in [0, 0.05) is 12.2 Å². The van der Waals surface area contributed by atoms with E-state index in [1.807, 2.05) is 36.8 Å². The van der Waals surface area contributed by atoms with Crippen molar-refractivity contribution >= 4 is 5.52 Å². The van der Waals surface area contributed by atoms with Gasteiger partial charge in [0.1, 0.15) is 0 Å². The minimum absolute atomic E-state index is 0.0547. The van der Waals surface area contributed by atoms with E-state index < -0.39 is 0 Å². The first-order chi connectivity index (χ1) is 6.20. The van der Waals surface area contributed by atoms with Crippen molar-refractivity contribution in [1.82, 2.24) is 9.38 Å². The third-order valence-corrected chi connectivity index (χ3v) is 2.26. The van der Waals surface area contributed by atoms with E-state index in [1.165, 1.54) is 0 Å². The Morgan fingerprint density at radius 2 is 2.31 bits per heavy atom. The normalized spacial score (nSPS) is 13.5. The van der Waals surface area contributed by atoms with E-state index in [4.69, 9.17) is 5.73 Å². The summed E-state index contributed by atoms with van der Waals surface area (Å²) in [5.74, 6) is 0. The molecule has 2 aromatic heterocycles. The Kier molecular flexibility index (Phi) is 1.81. The highest BCUT2D eigenvalue weighted by Crippen LogP contribution is 2.19. The molecule has 0 aromatic carbocycles. The average Bonchev–Trinajstić information content (AvgIpc) is 2.48. The number of pyridine rings is 1. The maximum absolute atomic E-state index is 5.87. The molecule has 1 atom stereocenters. The summed E-state index contributed by atoms with van der Waals surface area (Å²) in [6.45, 7) is 3.99. The molecule has 0 saturated carbocycles. The summed E-state index contributed by atoms with van der Waals surface area (Å²) in [6.07, 6.45) is 3.80. The lowest BCUT2D eigenvalue weighted by molar-refractivity contribution is 0.819. The fourth-order valence-electron chi connectivity index (χ4n) is 1.61. The predicted molar refractivity (Wildman–Crippen MR) is 52.5 cm³/mol. The van der Waals surface area contributed by atoms with E-state index in [2.05, 4.69) is 11.1 Å². The highest BCUT2D eigenvalue weighted by molar-refractivity contribution is 5.59. The van der Waals surface area contributed by atoms with Gasteiger partial charge in [-0.05, 0) is 25.5 Å². The van der Waals surface area contributed by atoms with E-state index >= 15 is 0 Å². The zero-order valence-corrected chi connectivity index (χ0v) is 7.86. The molecular formula is C10H13N3. The van der Waals surface area contributed by atoms with Gasteiger partial charge in [-0.15, -0.1) is 0 Å². The molecule has 0 radical (unpaired) electrons. The van der Waals surface area contributed by atoms with E-state index in [9.17, 15) is 0 Å². The molecule has 0 fully saturated rings. The number of hydrogen-bond acceptors (Lipinski definition) is 2. The van der Waals surface area contributed by atoms with Gasteiger partial charge in [0.15, 0.2) is 0 Å². The van der Waals surface area contributed by atoms with Crippen LogP contribution in [-0.2, 0) is 0 Å². The molecule has 3 heteroatoms. The van der Waals surface area contributed by atoms with Crippen molar-refractivity contribution in [2.24, 2.45) is 5.73 Å². The number of rotatable bonds is 1. The fourth-order valence-corrected chi connectivity index (χ4v) is 1.61. The lowest BCUT2D eigenvalue weighted by Crippen LogP contribution is -2.06. The highest BCUT2D eigenvalue weighted by Gasteiger charge is 2.07. The Labute approximate surface area is 77.2 Å². The van der Waals surface area contributed by atoms with Gasteiger partial charge in [0.05, 0.1) is 17.5 Å². The highest BCUT2D eigenvalue weighted by atomic mass is 15.0. The molecule has 2 rings (SSSR count). The van der Waals surface area contributed by atoms with Gasteiger partial charge >= 0.3 is 0 Å². The maximum Gasteiger partial charge on any atom is 0.0995 e. The quantitative estimate of drug-likeness (QED) is 0.716. The number of nitrogens with two attached hydrogens (primary N) is 1. The van der Waals surface area contributed by atoms with Gasteiger partial charge in [-0.25, -0.2) is 4.98 Å². The zero-order chi connectivity index (χ0) is 9.42. The predicted octanol–water partition coefficient (Wildman–Crippen LogP) is 1.66. The van der Waals surface area contributed by atoms with Crippen LogP contribution in [0.1, 0.15) is 24.2 Å². The van der Waals surface area contributed by atoms with Crippen LogP contribution >= 0.6 is 0 Å². The molecule has 1 unspecified atom stereocenters. The van der Waals surface area contributed by atoms with Crippen molar-refractivity contribution in [3.8, 4) is 0 Å². The Morgan fingerprint density at radius 3 is 3.00 bits per heavy atom. The summed E-state index contributed by atoms with van der Waals surface area (Å²) in [6, 6.07) is 4.10. The standard InChI is InChI=1S/C10H13N3/c1-7(11)9-4-3-5-13-6-12-8(2)10(9)13/h3-7H,11H2,1-2H3. The molecule has 68 valence electrons. The van der Waals surface area contributed by atoms with E-state index in [0.717, 1.165) is 16.8 Å². The van der Waals surface area contributed by atoms with Crippen molar-refractivity contribution < 1.29 is 0 Å². The van der Waals surface area contributed by atoms with Crippen molar-refractivity contribution in [1.29, 1.82) is 0 Å². The number of aryl methyl sites for hydroxylation is 1. The minimum Gasteiger partial charge on any atom is -0.324 e. The van der Waals surface area contributed by atoms with Gasteiger partial charge in [0.2, 0.25) is 0 Å². The average molecular weight is 175 g/mol. The van der Waals surface area contributed by atoms with Gasteiger partial charge in [-0.3, -0.25) is 0 Å². The van der Waals surface area contributed by atoms with Crippen LogP contribution in [0.3, 0.4) is 0 Å². The molecule has 3 nitrogen and oxygen atoms in total. The summed E-state index contributed by atoms with van der Waals surface area (Å²) in [5, 5.41) is 0. The van der Waals surface area contributed by atoms with Gasteiger partial charge in [-0.1, -0.05) is 6.07 Å². The van der Waals surface area contributed by atoms with Crippen LogP contribution in [0, 0.1) is 6.92 Å². The van der Waals surface area contributed by atoms with Crippen LogP contribution in [0.2, 0.25) is 0 Å². The summed E-state index contributed by atoms with van der Waals surface area (Å²) in [5.41, 5.74) is 9.19. The van der Waals surface area contributed by atoms with Gasteiger partial charge in [-0.2, -0.15) is 0 Å². The molecule has 0 bridgehead atoms. The second-order valence-corrected chi connectivity index (χ2v) is 3.34. The number of nitrogens with zero attached hydrogens (tertiary/aromatic N) is 2. The summed E-state index contributed by atoms with van der Waals surface area (Å²) in [7, 11) is 0. The van der Waals surface area contributed by atoms with Crippen molar-refractivity contribution in [3.63, 3.8) is 0 Å². The SMILES string of the molecule is Cc1ncn2cccc(C(C)N)c12. The van der Waals surface area contributed by atoms with Crippen LogP contribution < -0.4 is 5.73 Å². The third kappa shape index (κ3) is 1.21. The molecule has 2 aromatic rings. The topological polar surface area (TPSA) is 43.3 Å². The van der Waals surface area contributed by atoms with Crippen LogP contribution in [0.5, 0.6) is 0 Å². The second-order valence-electron chi connectivity index (χ2n) is 3.34. The summed E-state index contributed by atoms with van der Waals surface area (Å²) >= 11 is 0. The molecule has 0 aliphatic heterocycles. The summed E-state index contributed by atoms with van der Waals surface area (Å²) in [4.78, 5) is 4.25. The maximum atomic E-state index is 5.87. The van der Waals surface area contributed by atoms with E-state index in [-0.39, 0.29) is 6.04 Å². The number of hydrogen-bond donors (Lipinski definition) is 1. The minimum atomic E-state index is 0.0547. The zero-order valence-electron chi connectivity index (χ0n) is 7.86. The van der Waals surface area contributed by atoms with Gasteiger partial charge in [0.25, 0.3) is 0 Å². The lowest BCUT2D eigenvalue weighted by Gasteiger charge is -2.07. The smallest absolute Gasteiger partial charge is 0.0995 e. The molecule has 0 spiro atoms. The van der Waals surface area contributed by atoms with Crippen LogP contribution in [-0.4, -0.2) is 9.38 Å². The molecule has 0 saturated heterocycles. The van der Waals surface area contributed by atoms with Crippen molar-refractivity contribution in [3.05, 3.63) is 35.9 Å². The number of aromatic nitrogens is 2. The third-order valence-electron chi connectivity index (χ3n) is 2.26. The fraction of sp³-hybridized carbons (Fsp3) is 0.300. The first kappa shape index (κ1) is 8.26. The Balaban J connectivity index is 2.80. The molecule has 2 N–H and O–H groups in total. The Hall–Kier alpha value is -1.35. The van der Waals surface area contributed by atoms with E-state index in [1.54, 1.807) is 0 Å². The first-order valence-corrected chi connectivity index (χ1v) is 4.38. The first-order valence-electron chi connectivity index (χ1n) is 4.38. The van der Waals surface area contributed by atoms with E-state index in [0.29, 0.717) is 0 Å². The largest absolute Gasteiger partial charge is 0.324 e. The number of fused-ring (bicyclic) bond motifs is 1. The number of imidazole rings is 1. The molecule has 13 heavy (non-hydrogen) atoms. The Bertz CT molecular complexity index is 429. The van der Waals surface area contributed by atoms with Gasteiger partial charge < -0.3 is 10.1 Å². The second kappa shape index (κ2) is 2.85.